The highest BCUT2D eigenvalue weighted by molar-refractivity contribution is 6.08. The van der Waals surface area contributed by atoms with Crippen molar-refractivity contribution in [3.63, 3.8) is 0 Å². The lowest BCUT2D eigenvalue weighted by Gasteiger charge is -2.25. The Morgan fingerprint density at radius 3 is 2.44 bits per heavy atom. The number of hydrogen-bond acceptors (Lipinski definition) is 4. The number of allylic oxidation sites excluding steroid dienone is 1. The molecule has 0 saturated heterocycles. The largest absolute Gasteiger partial charge is 0.507 e. The fourth-order valence-electron chi connectivity index (χ4n) is 4.14. The fourth-order valence-corrected chi connectivity index (χ4v) is 4.14. The first-order valence-corrected chi connectivity index (χ1v) is 11.1. The summed E-state index contributed by atoms with van der Waals surface area (Å²) in [4.78, 5) is 25.0. The van der Waals surface area contributed by atoms with Gasteiger partial charge in [-0.2, -0.15) is 0 Å². The lowest BCUT2D eigenvalue weighted by atomic mass is 9.94. The van der Waals surface area contributed by atoms with Crippen molar-refractivity contribution in [3.8, 4) is 22.6 Å². The van der Waals surface area contributed by atoms with E-state index in [1.165, 1.54) is 12.1 Å². The normalized spacial score (nSPS) is 15.1. The number of Topliss-reactive ketones (excluding diaryl/α,β-unsaturated/α-hetero) is 1. The summed E-state index contributed by atoms with van der Waals surface area (Å²) in [5.74, 6) is 0.410. The van der Waals surface area contributed by atoms with Crippen molar-refractivity contribution < 1.29 is 19.4 Å². The topological polar surface area (TPSA) is 63.6 Å². The van der Waals surface area contributed by atoms with E-state index in [4.69, 9.17) is 4.74 Å². The van der Waals surface area contributed by atoms with Gasteiger partial charge in [0, 0.05) is 0 Å². The van der Waals surface area contributed by atoms with Gasteiger partial charge in [-0.1, -0.05) is 66.7 Å². The number of fused-ring (bicyclic) bond motifs is 1. The molecule has 4 nitrogen and oxygen atoms in total. The van der Waals surface area contributed by atoms with Crippen LogP contribution in [0.4, 0.5) is 0 Å². The molecule has 0 aromatic heterocycles. The molecular formula is C30H22O4. The van der Waals surface area contributed by atoms with Crippen LogP contribution in [0.5, 0.6) is 11.5 Å². The summed E-state index contributed by atoms with van der Waals surface area (Å²) in [6.07, 6.45) is 3.17. The SMILES string of the molecule is O=C(C=Cc1cccc(-c2cccc(C3CC(=O)c4ccccc4O3)c2)c1)c1ccccc1O. The first-order valence-electron chi connectivity index (χ1n) is 11.1. The molecule has 166 valence electrons. The van der Waals surface area contributed by atoms with Crippen molar-refractivity contribution >= 4 is 17.6 Å². The summed E-state index contributed by atoms with van der Waals surface area (Å²) in [5, 5.41) is 9.89. The molecule has 1 atom stereocenters. The van der Waals surface area contributed by atoms with Gasteiger partial charge in [-0.25, -0.2) is 0 Å². The highest BCUT2D eigenvalue weighted by atomic mass is 16.5. The molecule has 4 aromatic carbocycles. The van der Waals surface area contributed by atoms with Crippen LogP contribution in [0, 0.1) is 0 Å². The van der Waals surface area contributed by atoms with E-state index in [1.807, 2.05) is 66.7 Å². The average Bonchev–Trinajstić information content (AvgIpc) is 2.88. The number of aromatic hydroxyl groups is 1. The predicted octanol–water partition coefficient (Wildman–Crippen LogP) is 6.66. The highest BCUT2D eigenvalue weighted by Gasteiger charge is 2.27. The van der Waals surface area contributed by atoms with Crippen LogP contribution in [0.25, 0.3) is 17.2 Å². The second-order valence-corrected chi connectivity index (χ2v) is 8.20. The zero-order valence-electron chi connectivity index (χ0n) is 18.3. The zero-order chi connectivity index (χ0) is 23.5. The van der Waals surface area contributed by atoms with Gasteiger partial charge in [-0.05, 0) is 64.7 Å². The van der Waals surface area contributed by atoms with Crippen LogP contribution >= 0.6 is 0 Å². The van der Waals surface area contributed by atoms with Gasteiger partial charge in [0.15, 0.2) is 11.6 Å². The maximum absolute atomic E-state index is 12.6. The molecule has 0 spiro atoms. The smallest absolute Gasteiger partial charge is 0.189 e. The van der Waals surface area contributed by atoms with Gasteiger partial charge < -0.3 is 9.84 Å². The molecule has 1 aliphatic heterocycles. The highest BCUT2D eigenvalue weighted by Crippen LogP contribution is 2.36. The van der Waals surface area contributed by atoms with Gasteiger partial charge in [0.05, 0.1) is 17.5 Å². The van der Waals surface area contributed by atoms with Crippen LogP contribution in [0.15, 0.2) is 103 Å². The van der Waals surface area contributed by atoms with E-state index in [0.717, 1.165) is 22.3 Å². The van der Waals surface area contributed by atoms with E-state index in [0.29, 0.717) is 17.7 Å². The Morgan fingerprint density at radius 2 is 1.59 bits per heavy atom. The summed E-state index contributed by atoms with van der Waals surface area (Å²) in [6.45, 7) is 0. The second kappa shape index (κ2) is 9.20. The summed E-state index contributed by atoms with van der Waals surface area (Å²) < 4.78 is 6.13. The van der Waals surface area contributed by atoms with Crippen LogP contribution < -0.4 is 4.74 Å². The minimum atomic E-state index is -0.332. The number of ketones is 2. The quantitative estimate of drug-likeness (QED) is 0.275. The van der Waals surface area contributed by atoms with Crippen LogP contribution in [0.3, 0.4) is 0 Å². The van der Waals surface area contributed by atoms with Crippen LogP contribution in [0.1, 0.15) is 44.4 Å². The Hall–Kier alpha value is -4.44. The minimum Gasteiger partial charge on any atom is -0.507 e. The predicted molar refractivity (Wildman–Crippen MR) is 132 cm³/mol. The number of phenolic OH excluding ortho intramolecular Hbond substituents is 1. The van der Waals surface area contributed by atoms with E-state index in [-0.39, 0.29) is 29.0 Å². The molecule has 0 bridgehead atoms. The van der Waals surface area contributed by atoms with Gasteiger partial charge in [-0.3, -0.25) is 9.59 Å². The number of para-hydroxylation sites is 2. The zero-order valence-corrected chi connectivity index (χ0v) is 18.3. The van der Waals surface area contributed by atoms with Crippen molar-refractivity contribution in [2.75, 3.05) is 0 Å². The summed E-state index contributed by atoms with van der Waals surface area (Å²) >= 11 is 0. The molecule has 1 unspecified atom stereocenters. The van der Waals surface area contributed by atoms with Crippen molar-refractivity contribution in [1.82, 2.24) is 0 Å². The van der Waals surface area contributed by atoms with E-state index < -0.39 is 0 Å². The van der Waals surface area contributed by atoms with E-state index in [1.54, 1.807) is 30.3 Å². The molecule has 0 saturated carbocycles. The molecule has 5 rings (SSSR count). The Bertz CT molecular complexity index is 1420. The molecule has 0 amide bonds. The number of carbonyl (C=O) groups is 2. The lowest BCUT2D eigenvalue weighted by Crippen LogP contribution is -2.20. The number of hydrogen-bond donors (Lipinski definition) is 1. The Kier molecular flexibility index (Phi) is 5.79. The molecule has 1 aliphatic rings. The number of rotatable bonds is 5. The summed E-state index contributed by atoms with van der Waals surface area (Å²) in [6, 6.07) is 29.7. The average molecular weight is 447 g/mol. The lowest BCUT2D eigenvalue weighted by molar-refractivity contribution is 0.0849. The second-order valence-electron chi connectivity index (χ2n) is 8.20. The number of ether oxygens (including phenoxy) is 1. The monoisotopic (exact) mass is 446 g/mol. The van der Waals surface area contributed by atoms with Gasteiger partial charge >= 0.3 is 0 Å². The van der Waals surface area contributed by atoms with Gasteiger partial charge in [0.25, 0.3) is 0 Å². The molecule has 34 heavy (non-hydrogen) atoms. The molecule has 4 heteroatoms. The molecule has 4 aromatic rings. The van der Waals surface area contributed by atoms with E-state index >= 15 is 0 Å². The molecule has 0 radical (unpaired) electrons. The Morgan fingerprint density at radius 1 is 0.853 bits per heavy atom. The fraction of sp³-hybridized carbons (Fsp3) is 0.0667. The molecule has 0 aliphatic carbocycles. The number of carbonyl (C=O) groups excluding carboxylic acids is 2. The molecule has 1 N–H and O–H groups in total. The van der Waals surface area contributed by atoms with Gasteiger partial charge in [-0.15, -0.1) is 0 Å². The summed E-state index contributed by atoms with van der Waals surface area (Å²) in [7, 11) is 0. The van der Waals surface area contributed by atoms with Crippen LogP contribution in [-0.2, 0) is 0 Å². The third-order valence-corrected chi connectivity index (χ3v) is 5.90. The van der Waals surface area contributed by atoms with Gasteiger partial charge in [0.1, 0.15) is 17.6 Å². The summed E-state index contributed by atoms with van der Waals surface area (Å²) in [5.41, 5.74) is 4.69. The standard InChI is InChI=1S/C30H22O4/c31-26-13-3-1-11-24(26)27(32)16-15-20-7-5-8-21(17-20)22-9-6-10-23(18-22)30-19-28(33)25-12-2-4-14-29(25)34-30/h1-18,30-31H,19H2. The van der Waals surface area contributed by atoms with Crippen LogP contribution in [-0.4, -0.2) is 16.7 Å². The maximum atomic E-state index is 12.6. The van der Waals surface area contributed by atoms with Crippen molar-refractivity contribution in [3.05, 3.63) is 125 Å². The third-order valence-electron chi connectivity index (χ3n) is 5.90. The molecular weight excluding hydrogens is 424 g/mol. The first-order chi connectivity index (χ1) is 16.6. The molecule has 0 fully saturated rings. The maximum Gasteiger partial charge on any atom is 0.189 e. The van der Waals surface area contributed by atoms with E-state index in [2.05, 4.69) is 0 Å². The van der Waals surface area contributed by atoms with Crippen molar-refractivity contribution in [1.29, 1.82) is 0 Å². The van der Waals surface area contributed by atoms with Crippen molar-refractivity contribution in [2.45, 2.75) is 12.5 Å². The molecule has 1 heterocycles. The van der Waals surface area contributed by atoms with Gasteiger partial charge in [0.2, 0.25) is 0 Å². The Labute approximate surface area is 197 Å². The van der Waals surface area contributed by atoms with Crippen LogP contribution in [0.2, 0.25) is 0 Å². The Balaban J connectivity index is 1.38. The number of benzene rings is 4. The van der Waals surface area contributed by atoms with E-state index in [9.17, 15) is 14.7 Å². The first kappa shape index (κ1) is 21.4. The third kappa shape index (κ3) is 4.39. The number of phenols is 1. The minimum absolute atomic E-state index is 0.0336. The van der Waals surface area contributed by atoms with Crippen molar-refractivity contribution in [2.24, 2.45) is 0 Å².